The van der Waals surface area contributed by atoms with Crippen molar-refractivity contribution in [2.75, 3.05) is 6.61 Å². The van der Waals surface area contributed by atoms with Crippen LogP contribution in [-0.4, -0.2) is 33.1 Å². The molecule has 0 fully saturated rings. The van der Waals surface area contributed by atoms with Gasteiger partial charge in [0.05, 0.1) is 12.1 Å². The molecule has 2 aromatic rings. The smallest absolute Gasteiger partial charge is 0.397 e. The average Bonchev–Trinajstić information content (AvgIpc) is 3.23. The van der Waals surface area contributed by atoms with Crippen LogP contribution < -0.4 is 0 Å². The van der Waals surface area contributed by atoms with Crippen LogP contribution >= 0.6 is 0 Å². The third-order valence-electron chi connectivity index (χ3n) is 2.56. The second-order valence-electron chi connectivity index (χ2n) is 4.15. The Morgan fingerprint density at radius 3 is 1.67 bits per heavy atom. The van der Waals surface area contributed by atoms with Crippen molar-refractivity contribution in [3.63, 3.8) is 0 Å². The summed E-state index contributed by atoms with van der Waals surface area (Å²) in [5.74, 6) is -1.97. The molecule has 0 saturated carbocycles. The highest BCUT2D eigenvalue weighted by Crippen LogP contribution is 2.16. The summed E-state index contributed by atoms with van der Waals surface area (Å²) in [6.07, 6.45) is 0.282. The fraction of sp³-hybridized carbons (Fsp3) is 0.231. The van der Waals surface area contributed by atoms with E-state index in [0.717, 1.165) is 12.1 Å². The molecule has 0 bridgehead atoms. The Labute approximate surface area is 133 Å². The van der Waals surface area contributed by atoms with Crippen molar-refractivity contribution in [2.45, 2.75) is 13.3 Å². The predicted octanol–water partition coefficient (Wildman–Crippen LogP) is 2.14. The van der Waals surface area contributed by atoms with Gasteiger partial charge in [-0.05, 0) is 12.1 Å². The molecule has 128 valence electrons. The number of nitrogens with zero attached hydrogens (tertiary/aromatic N) is 2. The SMILES string of the molecule is CCC(=O)c1ccc([N+](=O)[O-])o1.O=C(CO)c1ccc([N+](=O)[O-])o1. The molecule has 0 saturated heterocycles. The fourth-order valence-corrected chi connectivity index (χ4v) is 1.40. The Balaban J connectivity index is 0.000000240. The van der Waals surface area contributed by atoms with E-state index >= 15 is 0 Å². The van der Waals surface area contributed by atoms with Crippen LogP contribution in [0.4, 0.5) is 11.8 Å². The van der Waals surface area contributed by atoms with Crippen molar-refractivity contribution in [3.05, 3.63) is 56.0 Å². The zero-order valence-electron chi connectivity index (χ0n) is 12.3. The summed E-state index contributed by atoms with van der Waals surface area (Å²) >= 11 is 0. The topological polar surface area (TPSA) is 167 Å². The highest BCUT2D eigenvalue weighted by atomic mass is 16.7. The molecule has 0 spiro atoms. The van der Waals surface area contributed by atoms with E-state index in [9.17, 15) is 29.8 Å². The highest BCUT2D eigenvalue weighted by molar-refractivity contribution is 5.94. The Hall–Kier alpha value is -3.34. The number of rotatable bonds is 6. The van der Waals surface area contributed by atoms with Gasteiger partial charge in [0.2, 0.25) is 5.78 Å². The Bertz CT molecular complexity index is 695. The molecule has 2 aromatic heterocycles. The van der Waals surface area contributed by atoms with Gasteiger partial charge < -0.3 is 13.9 Å². The lowest BCUT2D eigenvalue weighted by Crippen LogP contribution is -2.01. The summed E-state index contributed by atoms with van der Waals surface area (Å²) in [7, 11) is 0. The van der Waals surface area contributed by atoms with Gasteiger partial charge in [-0.1, -0.05) is 6.92 Å². The Kier molecular flexibility index (Phi) is 6.50. The fourth-order valence-electron chi connectivity index (χ4n) is 1.40. The average molecular weight is 340 g/mol. The summed E-state index contributed by atoms with van der Waals surface area (Å²) < 4.78 is 9.14. The third kappa shape index (κ3) is 4.84. The van der Waals surface area contributed by atoms with Crippen molar-refractivity contribution < 1.29 is 33.4 Å². The zero-order chi connectivity index (χ0) is 18.3. The lowest BCUT2D eigenvalue weighted by Gasteiger charge is -1.87. The molecule has 0 amide bonds. The summed E-state index contributed by atoms with van der Waals surface area (Å²) in [4.78, 5) is 40.4. The van der Waals surface area contributed by atoms with Crippen molar-refractivity contribution in [2.24, 2.45) is 0 Å². The molecule has 0 aliphatic carbocycles. The quantitative estimate of drug-likeness (QED) is 0.470. The molecular formula is C13H12N2O9. The van der Waals surface area contributed by atoms with E-state index in [4.69, 9.17) is 5.11 Å². The van der Waals surface area contributed by atoms with Crippen LogP contribution in [0.3, 0.4) is 0 Å². The van der Waals surface area contributed by atoms with Crippen LogP contribution in [-0.2, 0) is 0 Å². The molecule has 0 atom stereocenters. The molecule has 1 N–H and O–H groups in total. The van der Waals surface area contributed by atoms with Crippen LogP contribution in [0.25, 0.3) is 0 Å². The number of Topliss-reactive ketones (excluding diaryl/α,β-unsaturated/α-hetero) is 2. The van der Waals surface area contributed by atoms with Gasteiger partial charge in [-0.15, -0.1) is 0 Å². The number of nitro groups is 2. The Morgan fingerprint density at radius 2 is 1.38 bits per heavy atom. The van der Waals surface area contributed by atoms with Gasteiger partial charge in [-0.25, -0.2) is 0 Å². The molecule has 0 radical (unpaired) electrons. The lowest BCUT2D eigenvalue weighted by atomic mass is 10.2. The van der Waals surface area contributed by atoms with Crippen LogP contribution in [0.1, 0.15) is 34.5 Å². The molecule has 2 rings (SSSR count). The normalized spacial score (nSPS) is 9.75. The molecule has 0 aliphatic rings. The van der Waals surface area contributed by atoms with Gasteiger partial charge in [-0.2, -0.15) is 0 Å². The van der Waals surface area contributed by atoms with E-state index in [0.29, 0.717) is 0 Å². The van der Waals surface area contributed by atoms with Crippen LogP contribution in [0.15, 0.2) is 33.1 Å². The lowest BCUT2D eigenvalue weighted by molar-refractivity contribution is -0.402. The van der Waals surface area contributed by atoms with Crippen LogP contribution in [0.5, 0.6) is 0 Å². The number of carbonyl (C=O) groups is 2. The standard InChI is InChI=1S/C7H7NO4.C6H5NO5/c1-2-5(9)6-3-4-7(12-6)8(10)11;8-3-4(9)5-1-2-6(12-5)7(10)11/h3-4H,2H2,1H3;1-2,8H,3H2. The van der Waals surface area contributed by atoms with E-state index in [1.165, 1.54) is 12.1 Å². The first kappa shape index (κ1) is 18.7. The van der Waals surface area contributed by atoms with Crippen molar-refractivity contribution in [1.29, 1.82) is 0 Å². The molecule has 24 heavy (non-hydrogen) atoms. The van der Waals surface area contributed by atoms with Gasteiger partial charge in [0.1, 0.15) is 16.5 Å². The first-order valence-electron chi connectivity index (χ1n) is 6.45. The van der Waals surface area contributed by atoms with E-state index < -0.39 is 34.0 Å². The number of carbonyl (C=O) groups excluding carboxylic acids is 2. The first-order chi connectivity index (χ1) is 11.3. The van der Waals surface area contributed by atoms with E-state index in [1.807, 2.05) is 0 Å². The van der Waals surface area contributed by atoms with E-state index in [-0.39, 0.29) is 23.7 Å². The second kappa shape index (κ2) is 8.33. The minimum Gasteiger partial charge on any atom is -0.397 e. The van der Waals surface area contributed by atoms with E-state index in [1.54, 1.807) is 6.92 Å². The second-order valence-corrected chi connectivity index (χ2v) is 4.15. The van der Waals surface area contributed by atoms with Gasteiger partial charge >= 0.3 is 11.8 Å². The number of ketones is 2. The number of furan rings is 2. The van der Waals surface area contributed by atoms with Crippen molar-refractivity contribution in [3.8, 4) is 0 Å². The largest absolute Gasteiger partial charge is 0.433 e. The molecule has 0 unspecified atom stereocenters. The third-order valence-corrected chi connectivity index (χ3v) is 2.56. The number of aliphatic hydroxyl groups excluding tert-OH is 1. The van der Waals surface area contributed by atoms with Crippen molar-refractivity contribution in [1.82, 2.24) is 0 Å². The number of hydrogen-bond acceptors (Lipinski definition) is 9. The molecular weight excluding hydrogens is 328 g/mol. The highest BCUT2D eigenvalue weighted by Gasteiger charge is 2.16. The van der Waals surface area contributed by atoms with E-state index in [2.05, 4.69) is 8.83 Å². The van der Waals surface area contributed by atoms with Crippen LogP contribution in [0.2, 0.25) is 0 Å². The minimum atomic E-state index is -0.756. The van der Waals surface area contributed by atoms with Crippen molar-refractivity contribution >= 4 is 23.3 Å². The minimum absolute atomic E-state index is 0.0456. The zero-order valence-corrected chi connectivity index (χ0v) is 12.3. The number of aliphatic hydroxyl groups is 1. The maximum absolute atomic E-state index is 10.9. The molecule has 0 aliphatic heterocycles. The van der Waals surface area contributed by atoms with Gasteiger partial charge in [-0.3, -0.25) is 29.8 Å². The van der Waals surface area contributed by atoms with Gasteiger partial charge in [0.25, 0.3) is 0 Å². The Morgan fingerprint density at radius 1 is 0.958 bits per heavy atom. The molecule has 0 aromatic carbocycles. The summed E-state index contributed by atoms with van der Waals surface area (Å²) in [6, 6.07) is 4.69. The van der Waals surface area contributed by atoms with Gasteiger partial charge in [0, 0.05) is 6.42 Å². The molecule has 11 nitrogen and oxygen atoms in total. The monoisotopic (exact) mass is 340 g/mol. The maximum Gasteiger partial charge on any atom is 0.433 e. The molecule has 2 heterocycles. The molecule has 11 heteroatoms. The van der Waals surface area contributed by atoms with Crippen LogP contribution in [0, 0.1) is 20.2 Å². The predicted molar refractivity (Wildman–Crippen MR) is 76.8 cm³/mol. The summed E-state index contributed by atoms with van der Waals surface area (Å²) in [5, 5.41) is 28.5. The number of hydrogen-bond donors (Lipinski definition) is 1. The maximum atomic E-state index is 10.9. The first-order valence-corrected chi connectivity index (χ1v) is 6.45. The summed E-state index contributed by atoms with van der Waals surface area (Å²) in [5.41, 5.74) is 0. The summed E-state index contributed by atoms with van der Waals surface area (Å²) in [6.45, 7) is 0.946. The van der Waals surface area contributed by atoms with Gasteiger partial charge in [0.15, 0.2) is 17.3 Å².